The maximum Gasteiger partial charge on any atom is 0.405 e. The number of hydrogen-bond donors (Lipinski definition) is 1. The van der Waals surface area contributed by atoms with Crippen molar-refractivity contribution in [2.45, 2.75) is 6.18 Å². The van der Waals surface area contributed by atoms with Gasteiger partial charge in [0, 0.05) is 0 Å². The molecule has 72 valence electrons. The third-order valence-corrected chi connectivity index (χ3v) is 1.00. The summed E-state index contributed by atoms with van der Waals surface area (Å²) in [5.41, 5.74) is 0. The Kier molecular flexibility index (Phi) is 2.49. The second kappa shape index (κ2) is 3.42. The van der Waals surface area contributed by atoms with Crippen molar-refractivity contribution in [3.05, 3.63) is 12.2 Å². The number of nitrogens with one attached hydrogen (secondary N) is 1. The minimum absolute atomic E-state index is 0.496. The highest BCUT2D eigenvalue weighted by Gasteiger charge is 2.28. The molecule has 0 atom stereocenters. The lowest BCUT2D eigenvalue weighted by molar-refractivity contribution is -0.123. The summed E-state index contributed by atoms with van der Waals surface area (Å²) < 4.78 is 38.9. The summed E-state index contributed by atoms with van der Waals surface area (Å²) >= 11 is 0. The highest BCUT2D eigenvalue weighted by atomic mass is 19.4. The Morgan fingerprint density at radius 1 is 1.62 bits per heavy atom. The number of alkyl halides is 3. The minimum atomic E-state index is -4.45. The number of carbonyl (C=O) groups excluding carboxylic acids is 1. The zero-order chi connectivity index (χ0) is 9.90. The van der Waals surface area contributed by atoms with Crippen LogP contribution in [0.15, 0.2) is 10.9 Å². The molecular weight excluding hydrogens is 191 g/mol. The zero-order valence-electron chi connectivity index (χ0n) is 6.13. The van der Waals surface area contributed by atoms with Crippen LogP contribution in [0.3, 0.4) is 0 Å². The van der Waals surface area contributed by atoms with Crippen molar-refractivity contribution in [1.29, 1.82) is 0 Å². The van der Waals surface area contributed by atoms with Gasteiger partial charge >= 0.3 is 18.0 Å². The second-order valence-electron chi connectivity index (χ2n) is 2.04. The van der Waals surface area contributed by atoms with Crippen molar-refractivity contribution >= 4 is 5.91 Å². The third kappa shape index (κ3) is 3.09. The molecule has 13 heavy (non-hydrogen) atoms. The number of halogens is 3. The molecule has 1 rings (SSSR count). The van der Waals surface area contributed by atoms with Crippen LogP contribution in [0, 0.1) is 0 Å². The molecule has 0 bridgehead atoms. The quantitative estimate of drug-likeness (QED) is 0.739. The van der Waals surface area contributed by atoms with E-state index in [0.717, 1.165) is 6.33 Å². The normalized spacial score (nSPS) is 11.3. The van der Waals surface area contributed by atoms with Crippen LogP contribution in [0.4, 0.5) is 13.2 Å². The largest absolute Gasteiger partial charge is 0.405 e. The Balaban J connectivity index is 2.44. The van der Waals surface area contributed by atoms with E-state index in [1.54, 1.807) is 5.32 Å². The molecule has 0 unspecified atom stereocenters. The zero-order valence-corrected chi connectivity index (χ0v) is 6.13. The van der Waals surface area contributed by atoms with Gasteiger partial charge in [0.25, 0.3) is 0 Å². The monoisotopic (exact) mass is 195 g/mol. The summed E-state index contributed by atoms with van der Waals surface area (Å²) in [6.07, 6.45) is -3.53. The van der Waals surface area contributed by atoms with Gasteiger partial charge in [-0.25, -0.2) is 0 Å². The van der Waals surface area contributed by atoms with Gasteiger partial charge in [0.2, 0.25) is 0 Å². The van der Waals surface area contributed by atoms with Gasteiger partial charge in [-0.3, -0.25) is 4.79 Å². The fraction of sp³-hybridized carbons (Fsp3) is 0.400. The SMILES string of the molecule is O=C(NCC(F)(F)F)c1ncno1. The summed E-state index contributed by atoms with van der Waals surface area (Å²) in [6.45, 7) is -1.42. The number of amides is 1. The van der Waals surface area contributed by atoms with Crippen LogP contribution in [0.5, 0.6) is 0 Å². The molecule has 0 spiro atoms. The number of hydrogen-bond acceptors (Lipinski definition) is 4. The Bertz CT molecular complexity index is 282. The molecule has 0 fully saturated rings. The van der Waals surface area contributed by atoms with E-state index < -0.39 is 24.5 Å². The maximum absolute atomic E-state index is 11.6. The predicted molar refractivity (Wildman–Crippen MR) is 32.7 cm³/mol. The minimum Gasteiger partial charge on any atom is -0.339 e. The molecule has 1 aromatic heterocycles. The highest BCUT2D eigenvalue weighted by molar-refractivity contribution is 5.89. The van der Waals surface area contributed by atoms with E-state index in [1.807, 2.05) is 0 Å². The molecule has 0 aromatic carbocycles. The number of carbonyl (C=O) groups is 1. The Morgan fingerprint density at radius 2 is 2.31 bits per heavy atom. The molecule has 0 aliphatic rings. The van der Waals surface area contributed by atoms with Crippen molar-refractivity contribution in [3.63, 3.8) is 0 Å². The number of rotatable bonds is 2. The van der Waals surface area contributed by atoms with E-state index in [-0.39, 0.29) is 0 Å². The van der Waals surface area contributed by atoms with Gasteiger partial charge in [0.15, 0.2) is 6.33 Å². The lowest BCUT2D eigenvalue weighted by Gasteiger charge is -2.05. The fourth-order valence-electron chi connectivity index (χ4n) is 0.529. The van der Waals surface area contributed by atoms with Crippen molar-refractivity contribution in [2.75, 3.05) is 6.54 Å². The molecule has 1 aromatic rings. The van der Waals surface area contributed by atoms with Gasteiger partial charge in [-0.1, -0.05) is 5.16 Å². The van der Waals surface area contributed by atoms with Crippen molar-refractivity contribution in [2.24, 2.45) is 0 Å². The number of nitrogens with zero attached hydrogens (tertiary/aromatic N) is 2. The van der Waals surface area contributed by atoms with E-state index in [0.29, 0.717) is 0 Å². The molecular formula is C5H4F3N3O2. The Labute approximate surface area is 69.9 Å². The average molecular weight is 195 g/mol. The third-order valence-electron chi connectivity index (χ3n) is 1.00. The molecule has 1 heterocycles. The van der Waals surface area contributed by atoms with Crippen LogP contribution >= 0.6 is 0 Å². The lowest BCUT2D eigenvalue weighted by atomic mass is 10.5. The molecule has 1 amide bonds. The first kappa shape index (κ1) is 9.49. The molecule has 0 aliphatic heterocycles. The fourth-order valence-corrected chi connectivity index (χ4v) is 0.529. The van der Waals surface area contributed by atoms with Gasteiger partial charge in [-0.05, 0) is 0 Å². The molecule has 5 nitrogen and oxygen atoms in total. The smallest absolute Gasteiger partial charge is 0.339 e. The predicted octanol–water partition coefficient (Wildman–Crippen LogP) is 0.362. The van der Waals surface area contributed by atoms with Crippen LogP contribution in [0.2, 0.25) is 0 Å². The van der Waals surface area contributed by atoms with Crippen LogP contribution < -0.4 is 5.32 Å². The van der Waals surface area contributed by atoms with E-state index in [9.17, 15) is 18.0 Å². The van der Waals surface area contributed by atoms with Gasteiger partial charge in [0.1, 0.15) is 6.54 Å². The summed E-state index contributed by atoms with van der Waals surface area (Å²) in [6, 6.07) is 0. The van der Waals surface area contributed by atoms with Crippen LogP contribution in [0.1, 0.15) is 10.7 Å². The van der Waals surface area contributed by atoms with Crippen LogP contribution in [0.25, 0.3) is 0 Å². The van der Waals surface area contributed by atoms with Crippen molar-refractivity contribution in [1.82, 2.24) is 15.5 Å². The van der Waals surface area contributed by atoms with Gasteiger partial charge in [-0.15, -0.1) is 0 Å². The Hall–Kier alpha value is -1.60. The summed E-state index contributed by atoms with van der Waals surface area (Å²) in [7, 11) is 0. The lowest BCUT2D eigenvalue weighted by Crippen LogP contribution is -2.33. The van der Waals surface area contributed by atoms with Crippen molar-refractivity contribution < 1.29 is 22.5 Å². The summed E-state index contributed by atoms with van der Waals surface area (Å²) in [4.78, 5) is 14.0. The summed E-state index contributed by atoms with van der Waals surface area (Å²) in [5, 5.41) is 4.62. The molecule has 0 radical (unpaired) electrons. The molecule has 0 saturated heterocycles. The Morgan fingerprint density at radius 3 is 2.77 bits per heavy atom. The topological polar surface area (TPSA) is 68.0 Å². The molecule has 0 aliphatic carbocycles. The molecule has 1 N–H and O–H groups in total. The van der Waals surface area contributed by atoms with E-state index >= 15 is 0 Å². The molecule has 0 saturated carbocycles. The van der Waals surface area contributed by atoms with Gasteiger partial charge in [0.05, 0.1) is 0 Å². The summed E-state index contributed by atoms with van der Waals surface area (Å²) in [5.74, 6) is -1.54. The highest BCUT2D eigenvalue weighted by Crippen LogP contribution is 2.12. The van der Waals surface area contributed by atoms with Crippen LogP contribution in [-0.4, -0.2) is 28.8 Å². The van der Waals surface area contributed by atoms with Gasteiger partial charge < -0.3 is 9.84 Å². The first-order valence-electron chi connectivity index (χ1n) is 3.10. The first-order chi connectivity index (χ1) is 5.99. The van der Waals surface area contributed by atoms with Crippen molar-refractivity contribution in [3.8, 4) is 0 Å². The number of aromatic nitrogens is 2. The first-order valence-corrected chi connectivity index (χ1v) is 3.10. The van der Waals surface area contributed by atoms with Gasteiger partial charge in [-0.2, -0.15) is 18.2 Å². The van der Waals surface area contributed by atoms with Crippen LogP contribution in [-0.2, 0) is 0 Å². The second-order valence-corrected chi connectivity index (χ2v) is 2.04. The standard InChI is InChI=1S/C5H4F3N3O2/c6-5(7,8)1-9-3(12)4-10-2-11-13-4/h2H,1H2,(H,9,12). The molecule has 8 heteroatoms. The van der Waals surface area contributed by atoms with E-state index in [4.69, 9.17) is 0 Å². The maximum atomic E-state index is 11.6. The van der Waals surface area contributed by atoms with E-state index in [2.05, 4.69) is 14.7 Å². The average Bonchev–Trinajstić information content (AvgIpc) is 2.50. The van der Waals surface area contributed by atoms with E-state index in [1.165, 1.54) is 0 Å².